The van der Waals surface area contributed by atoms with Gasteiger partial charge in [-0.25, -0.2) is 13.2 Å². The molecule has 0 aliphatic rings. The van der Waals surface area contributed by atoms with Gasteiger partial charge in [-0.3, -0.25) is 9.40 Å². The second-order valence-electron chi connectivity index (χ2n) is 4.01. The number of aromatic nitrogens is 2. The Morgan fingerprint density at radius 1 is 1.57 bits per heavy atom. The van der Waals surface area contributed by atoms with E-state index in [1.807, 2.05) is 0 Å². The van der Waals surface area contributed by atoms with Crippen LogP contribution in [0.5, 0.6) is 0 Å². The monoisotopic (exact) mass is 331 g/mol. The summed E-state index contributed by atoms with van der Waals surface area (Å²) in [6.07, 6.45) is 2.85. The van der Waals surface area contributed by atoms with Crippen LogP contribution < -0.4 is 4.72 Å². The summed E-state index contributed by atoms with van der Waals surface area (Å²) in [5.41, 5.74) is 0.258. The molecule has 0 fully saturated rings. The first-order valence-electron chi connectivity index (χ1n) is 5.79. The van der Waals surface area contributed by atoms with Crippen LogP contribution in [-0.2, 0) is 21.3 Å². The van der Waals surface area contributed by atoms with E-state index >= 15 is 0 Å². The topological polar surface area (TPSA) is 111 Å². The highest BCUT2D eigenvalue weighted by atomic mass is 32.2. The lowest BCUT2D eigenvalue weighted by atomic mass is 10.5. The number of hydrogen-bond acceptors (Lipinski definition) is 6. The Balaban J connectivity index is 2.19. The molecular formula is C11H13N3O5S2. The van der Waals surface area contributed by atoms with E-state index in [1.54, 1.807) is 7.11 Å². The highest BCUT2D eigenvalue weighted by Gasteiger charge is 2.24. The summed E-state index contributed by atoms with van der Waals surface area (Å²) in [7, 11) is -2.41. The fraction of sp³-hybridized carbons (Fsp3) is 0.273. The molecule has 10 heteroatoms. The number of methoxy groups -OCH3 is 1. The molecule has 2 N–H and O–H groups in total. The van der Waals surface area contributed by atoms with Gasteiger partial charge in [-0.2, -0.15) is 5.10 Å². The number of carboxylic acid groups (broad SMARTS) is 1. The Kier molecular flexibility index (Phi) is 4.60. The number of thiophene rings is 1. The highest BCUT2D eigenvalue weighted by Crippen LogP contribution is 2.24. The number of rotatable bonds is 7. The molecule has 0 aromatic carbocycles. The first-order valence-corrected chi connectivity index (χ1v) is 8.15. The van der Waals surface area contributed by atoms with E-state index in [2.05, 4.69) is 9.82 Å². The van der Waals surface area contributed by atoms with Crippen molar-refractivity contribution >= 4 is 33.0 Å². The van der Waals surface area contributed by atoms with Crippen molar-refractivity contribution in [3.63, 3.8) is 0 Å². The molecule has 8 nitrogen and oxygen atoms in total. The van der Waals surface area contributed by atoms with Crippen LogP contribution in [0.25, 0.3) is 0 Å². The van der Waals surface area contributed by atoms with Crippen molar-refractivity contribution in [2.45, 2.75) is 11.4 Å². The molecule has 2 heterocycles. The Morgan fingerprint density at radius 2 is 2.33 bits per heavy atom. The van der Waals surface area contributed by atoms with Crippen LogP contribution in [0.1, 0.15) is 9.67 Å². The molecule has 0 saturated carbocycles. The molecule has 0 aliphatic carbocycles. The maximum atomic E-state index is 12.2. The molecule has 21 heavy (non-hydrogen) atoms. The lowest BCUT2D eigenvalue weighted by molar-refractivity contribution is 0.0698. The smallest absolute Gasteiger partial charge is 0.347 e. The summed E-state index contributed by atoms with van der Waals surface area (Å²) in [6, 6.07) is 1.26. The summed E-state index contributed by atoms with van der Waals surface area (Å²) in [5, 5.41) is 14.4. The van der Waals surface area contributed by atoms with Gasteiger partial charge in [0, 0.05) is 13.3 Å². The number of ether oxygens (including phenoxy) is 1. The van der Waals surface area contributed by atoms with Gasteiger partial charge in [-0.1, -0.05) is 0 Å². The van der Waals surface area contributed by atoms with Crippen molar-refractivity contribution in [3.05, 3.63) is 28.7 Å². The number of nitrogens with zero attached hydrogens (tertiary/aromatic N) is 2. The lowest BCUT2D eigenvalue weighted by Crippen LogP contribution is -2.14. The van der Waals surface area contributed by atoms with Gasteiger partial charge in [0.2, 0.25) is 0 Å². The quantitative estimate of drug-likeness (QED) is 0.786. The van der Waals surface area contributed by atoms with Gasteiger partial charge in [-0.15, -0.1) is 11.3 Å². The Hall–Kier alpha value is -1.91. The SMILES string of the molecule is COCCn1cc(NS(=O)(=O)c2ccsc2C(=O)O)cn1. The second-order valence-corrected chi connectivity index (χ2v) is 6.58. The molecule has 0 unspecified atom stereocenters. The number of sulfonamides is 1. The van der Waals surface area contributed by atoms with Gasteiger partial charge in [0.1, 0.15) is 9.77 Å². The molecule has 2 aromatic heterocycles. The molecular weight excluding hydrogens is 318 g/mol. The average molecular weight is 331 g/mol. The fourth-order valence-electron chi connectivity index (χ4n) is 1.60. The fourth-order valence-corrected chi connectivity index (χ4v) is 3.89. The van der Waals surface area contributed by atoms with E-state index in [-0.39, 0.29) is 15.5 Å². The van der Waals surface area contributed by atoms with Crippen LogP contribution >= 0.6 is 11.3 Å². The zero-order valence-electron chi connectivity index (χ0n) is 11.0. The molecule has 0 amide bonds. The minimum Gasteiger partial charge on any atom is -0.477 e. The third kappa shape index (κ3) is 3.60. The summed E-state index contributed by atoms with van der Waals surface area (Å²) in [5.74, 6) is -1.28. The minimum absolute atomic E-state index is 0.228. The summed E-state index contributed by atoms with van der Waals surface area (Å²) in [6.45, 7) is 0.929. The Labute approximate surface area is 125 Å². The van der Waals surface area contributed by atoms with Crippen LogP contribution in [0.2, 0.25) is 0 Å². The number of anilines is 1. The Morgan fingerprint density at radius 3 is 3.00 bits per heavy atom. The number of aromatic carboxylic acids is 1. The van der Waals surface area contributed by atoms with Gasteiger partial charge in [0.05, 0.1) is 25.0 Å². The first kappa shape index (κ1) is 15.5. The van der Waals surface area contributed by atoms with Crippen LogP contribution in [0.4, 0.5) is 5.69 Å². The molecule has 0 saturated heterocycles. The zero-order chi connectivity index (χ0) is 15.5. The third-order valence-electron chi connectivity index (χ3n) is 2.52. The largest absolute Gasteiger partial charge is 0.477 e. The van der Waals surface area contributed by atoms with Gasteiger partial charge >= 0.3 is 5.97 Å². The first-order chi connectivity index (χ1) is 9.94. The second kappa shape index (κ2) is 6.24. The van der Waals surface area contributed by atoms with E-state index in [0.29, 0.717) is 13.2 Å². The molecule has 0 radical (unpaired) electrons. The van der Waals surface area contributed by atoms with E-state index in [1.165, 1.54) is 28.5 Å². The average Bonchev–Trinajstić information content (AvgIpc) is 3.04. The minimum atomic E-state index is -3.96. The van der Waals surface area contributed by atoms with E-state index in [4.69, 9.17) is 9.84 Å². The van der Waals surface area contributed by atoms with Crippen molar-refractivity contribution in [1.29, 1.82) is 0 Å². The van der Waals surface area contributed by atoms with Crippen molar-refractivity contribution in [2.24, 2.45) is 0 Å². The molecule has 0 atom stereocenters. The van der Waals surface area contributed by atoms with Crippen molar-refractivity contribution in [1.82, 2.24) is 9.78 Å². The van der Waals surface area contributed by atoms with Gasteiger partial charge in [-0.05, 0) is 11.4 Å². The standard InChI is InChI=1S/C11H13N3O5S2/c1-19-4-3-14-7-8(6-12-14)13-21(17,18)9-2-5-20-10(9)11(15)16/h2,5-7,13H,3-4H2,1H3,(H,15,16). The molecule has 2 aromatic rings. The number of nitrogens with one attached hydrogen (secondary N) is 1. The summed E-state index contributed by atoms with van der Waals surface area (Å²) in [4.78, 5) is 10.5. The van der Waals surface area contributed by atoms with Crippen LogP contribution in [0.15, 0.2) is 28.7 Å². The zero-order valence-corrected chi connectivity index (χ0v) is 12.6. The molecule has 0 bridgehead atoms. The molecule has 2 rings (SSSR count). The maximum absolute atomic E-state index is 12.2. The van der Waals surface area contributed by atoms with Gasteiger partial charge in [0.25, 0.3) is 10.0 Å². The number of carbonyl (C=O) groups is 1. The van der Waals surface area contributed by atoms with Crippen LogP contribution in [0, 0.1) is 0 Å². The van der Waals surface area contributed by atoms with Crippen molar-refractivity contribution < 1.29 is 23.1 Å². The van der Waals surface area contributed by atoms with E-state index < -0.39 is 16.0 Å². The van der Waals surface area contributed by atoms with E-state index in [9.17, 15) is 13.2 Å². The molecule has 0 spiro atoms. The summed E-state index contributed by atoms with van der Waals surface area (Å²) < 4.78 is 33.1. The predicted molar refractivity (Wildman–Crippen MR) is 76.2 cm³/mol. The lowest BCUT2D eigenvalue weighted by Gasteiger charge is -2.05. The molecule has 0 aliphatic heterocycles. The third-order valence-corrected chi connectivity index (χ3v) is 4.98. The van der Waals surface area contributed by atoms with Crippen LogP contribution in [-0.4, -0.2) is 43.0 Å². The summed E-state index contributed by atoms with van der Waals surface area (Å²) >= 11 is 0.855. The van der Waals surface area contributed by atoms with Gasteiger partial charge < -0.3 is 9.84 Å². The number of carboxylic acids is 1. The van der Waals surface area contributed by atoms with Crippen molar-refractivity contribution in [3.8, 4) is 0 Å². The maximum Gasteiger partial charge on any atom is 0.347 e. The normalized spacial score (nSPS) is 11.5. The van der Waals surface area contributed by atoms with Crippen molar-refractivity contribution in [2.75, 3.05) is 18.4 Å². The highest BCUT2D eigenvalue weighted by molar-refractivity contribution is 7.93. The molecule has 114 valence electrons. The van der Waals surface area contributed by atoms with E-state index in [0.717, 1.165) is 11.3 Å². The number of hydrogen-bond donors (Lipinski definition) is 2. The van der Waals surface area contributed by atoms with Crippen LogP contribution in [0.3, 0.4) is 0 Å². The van der Waals surface area contributed by atoms with Gasteiger partial charge in [0.15, 0.2) is 0 Å². The Bertz CT molecular complexity index is 735. The predicted octanol–water partition coefficient (Wildman–Crippen LogP) is 1.09.